The quantitative estimate of drug-likeness (QED) is 0.692. The van der Waals surface area contributed by atoms with Gasteiger partial charge < -0.3 is 10.1 Å². The molecule has 1 amide bonds. The summed E-state index contributed by atoms with van der Waals surface area (Å²) in [5.41, 5.74) is 2.30. The van der Waals surface area contributed by atoms with Crippen LogP contribution in [0.25, 0.3) is 6.08 Å². The highest BCUT2D eigenvalue weighted by Crippen LogP contribution is 2.22. The van der Waals surface area contributed by atoms with Crippen LogP contribution in [0.3, 0.4) is 0 Å². The average molecular weight is 303 g/mol. The molecule has 2 aromatic rings. The number of aromatic nitrogens is 1. The minimum Gasteiger partial charge on any atom is -0.497 e. The van der Waals surface area contributed by atoms with Gasteiger partial charge in [-0.1, -0.05) is 23.7 Å². The van der Waals surface area contributed by atoms with Gasteiger partial charge in [0.2, 0.25) is 5.91 Å². The molecule has 4 nitrogen and oxygen atoms in total. The van der Waals surface area contributed by atoms with E-state index in [4.69, 9.17) is 16.3 Å². The summed E-state index contributed by atoms with van der Waals surface area (Å²) in [6, 6.07) is 9.18. The van der Waals surface area contributed by atoms with Crippen molar-refractivity contribution in [1.82, 2.24) is 4.98 Å². The van der Waals surface area contributed by atoms with Crippen molar-refractivity contribution < 1.29 is 9.53 Å². The third kappa shape index (κ3) is 4.07. The maximum Gasteiger partial charge on any atom is 0.248 e. The molecule has 2 rings (SSSR count). The normalized spacial score (nSPS) is 10.6. The molecule has 0 spiro atoms. The van der Waals surface area contributed by atoms with Crippen LogP contribution in [0.15, 0.2) is 42.6 Å². The molecule has 0 saturated carbocycles. The van der Waals surface area contributed by atoms with Gasteiger partial charge in [-0.2, -0.15) is 0 Å². The smallest absolute Gasteiger partial charge is 0.248 e. The molecule has 0 aliphatic carbocycles. The van der Waals surface area contributed by atoms with E-state index in [9.17, 15) is 4.79 Å². The zero-order chi connectivity index (χ0) is 15.2. The SMILES string of the molecule is COc1ccc(/C=C/C(=O)Nc2c(C)ccnc2Cl)cc1. The van der Waals surface area contributed by atoms with E-state index >= 15 is 0 Å². The molecule has 0 bridgehead atoms. The van der Waals surface area contributed by atoms with Gasteiger partial charge in [-0.3, -0.25) is 4.79 Å². The number of aryl methyl sites for hydroxylation is 1. The molecule has 0 aliphatic heterocycles. The van der Waals surface area contributed by atoms with Gasteiger partial charge >= 0.3 is 0 Å². The van der Waals surface area contributed by atoms with Crippen LogP contribution in [-0.4, -0.2) is 18.0 Å². The Labute approximate surface area is 128 Å². The molecule has 1 aromatic heterocycles. The van der Waals surface area contributed by atoms with E-state index in [1.54, 1.807) is 25.4 Å². The highest BCUT2D eigenvalue weighted by molar-refractivity contribution is 6.32. The van der Waals surface area contributed by atoms with E-state index in [0.717, 1.165) is 16.9 Å². The number of rotatable bonds is 4. The number of methoxy groups -OCH3 is 1. The lowest BCUT2D eigenvalue weighted by atomic mass is 10.2. The van der Waals surface area contributed by atoms with E-state index in [-0.39, 0.29) is 11.1 Å². The number of hydrogen-bond donors (Lipinski definition) is 1. The van der Waals surface area contributed by atoms with Crippen molar-refractivity contribution >= 4 is 29.3 Å². The summed E-state index contributed by atoms with van der Waals surface area (Å²) in [7, 11) is 1.61. The Morgan fingerprint density at radius 1 is 1.29 bits per heavy atom. The van der Waals surface area contributed by atoms with Crippen molar-refractivity contribution in [2.24, 2.45) is 0 Å². The first kappa shape index (κ1) is 15.1. The number of pyridine rings is 1. The van der Waals surface area contributed by atoms with Gasteiger partial charge in [-0.05, 0) is 42.3 Å². The van der Waals surface area contributed by atoms with Gasteiger partial charge in [0.1, 0.15) is 5.75 Å². The second kappa shape index (κ2) is 6.90. The Kier molecular flexibility index (Phi) is 4.95. The molecule has 1 N–H and O–H groups in total. The molecule has 1 heterocycles. The van der Waals surface area contributed by atoms with Crippen molar-refractivity contribution in [2.45, 2.75) is 6.92 Å². The van der Waals surface area contributed by atoms with Gasteiger partial charge in [0, 0.05) is 12.3 Å². The number of carbonyl (C=O) groups excluding carboxylic acids is 1. The lowest BCUT2D eigenvalue weighted by Gasteiger charge is -2.07. The fourth-order valence-electron chi connectivity index (χ4n) is 1.73. The van der Waals surface area contributed by atoms with E-state index in [2.05, 4.69) is 10.3 Å². The monoisotopic (exact) mass is 302 g/mol. The molecule has 0 fully saturated rings. The molecule has 0 atom stereocenters. The number of benzene rings is 1. The van der Waals surface area contributed by atoms with Crippen LogP contribution >= 0.6 is 11.6 Å². The van der Waals surface area contributed by atoms with E-state index in [1.165, 1.54) is 6.08 Å². The Balaban J connectivity index is 2.05. The lowest BCUT2D eigenvalue weighted by Crippen LogP contribution is -2.09. The first-order valence-corrected chi connectivity index (χ1v) is 6.72. The van der Waals surface area contributed by atoms with Crippen molar-refractivity contribution in [3.05, 3.63) is 58.9 Å². The maximum atomic E-state index is 11.9. The summed E-state index contributed by atoms with van der Waals surface area (Å²) in [6.07, 6.45) is 4.76. The van der Waals surface area contributed by atoms with Crippen LogP contribution in [0.1, 0.15) is 11.1 Å². The Morgan fingerprint density at radius 2 is 2.00 bits per heavy atom. The van der Waals surface area contributed by atoms with Crippen LogP contribution in [0, 0.1) is 6.92 Å². The van der Waals surface area contributed by atoms with Crippen molar-refractivity contribution in [3.8, 4) is 5.75 Å². The third-order valence-corrected chi connectivity index (χ3v) is 3.19. The first-order chi connectivity index (χ1) is 10.1. The topological polar surface area (TPSA) is 51.2 Å². The Morgan fingerprint density at radius 3 is 2.62 bits per heavy atom. The zero-order valence-electron chi connectivity index (χ0n) is 11.8. The highest BCUT2D eigenvalue weighted by Gasteiger charge is 2.06. The van der Waals surface area contributed by atoms with Gasteiger partial charge in [0.05, 0.1) is 12.8 Å². The molecule has 0 radical (unpaired) electrons. The Bertz CT molecular complexity index is 646. The molecule has 21 heavy (non-hydrogen) atoms. The number of carbonyl (C=O) groups is 1. The van der Waals surface area contributed by atoms with Gasteiger partial charge in [-0.15, -0.1) is 0 Å². The number of anilines is 1. The molecule has 0 aliphatic rings. The summed E-state index contributed by atoms with van der Waals surface area (Å²) < 4.78 is 5.08. The fraction of sp³-hybridized carbons (Fsp3) is 0.125. The predicted molar refractivity (Wildman–Crippen MR) is 84.6 cm³/mol. The second-order valence-electron chi connectivity index (χ2n) is 4.39. The zero-order valence-corrected chi connectivity index (χ0v) is 12.5. The molecule has 108 valence electrons. The molecular formula is C16H15ClN2O2. The van der Waals surface area contributed by atoms with E-state index in [1.807, 2.05) is 31.2 Å². The number of hydrogen-bond acceptors (Lipinski definition) is 3. The highest BCUT2D eigenvalue weighted by atomic mass is 35.5. The lowest BCUT2D eigenvalue weighted by molar-refractivity contribution is -0.111. The van der Waals surface area contributed by atoms with Gasteiger partial charge in [0.25, 0.3) is 0 Å². The minimum atomic E-state index is -0.260. The summed E-state index contributed by atoms with van der Waals surface area (Å²) in [5.74, 6) is 0.512. The largest absolute Gasteiger partial charge is 0.497 e. The van der Waals surface area contributed by atoms with Crippen LogP contribution in [0.5, 0.6) is 5.75 Å². The summed E-state index contributed by atoms with van der Waals surface area (Å²) in [4.78, 5) is 15.8. The number of amides is 1. The van der Waals surface area contributed by atoms with E-state index in [0.29, 0.717) is 5.69 Å². The number of ether oxygens (including phenoxy) is 1. The van der Waals surface area contributed by atoms with Crippen molar-refractivity contribution in [2.75, 3.05) is 12.4 Å². The summed E-state index contributed by atoms with van der Waals surface area (Å²) in [6.45, 7) is 1.86. The van der Waals surface area contributed by atoms with Crippen molar-refractivity contribution in [1.29, 1.82) is 0 Å². The van der Waals surface area contributed by atoms with Crippen LogP contribution in [-0.2, 0) is 4.79 Å². The minimum absolute atomic E-state index is 0.260. The second-order valence-corrected chi connectivity index (χ2v) is 4.75. The van der Waals surface area contributed by atoms with Gasteiger partial charge in [0.15, 0.2) is 5.15 Å². The fourth-order valence-corrected chi connectivity index (χ4v) is 1.98. The summed E-state index contributed by atoms with van der Waals surface area (Å²) in [5, 5.41) is 3.01. The third-order valence-electron chi connectivity index (χ3n) is 2.90. The van der Waals surface area contributed by atoms with Crippen LogP contribution in [0.2, 0.25) is 5.15 Å². The average Bonchev–Trinajstić information content (AvgIpc) is 2.49. The molecular weight excluding hydrogens is 288 g/mol. The molecule has 0 saturated heterocycles. The Hall–Kier alpha value is -2.33. The van der Waals surface area contributed by atoms with Gasteiger partial charge in [-0.25, -0.2) is 4.98 Å². The standard InChI is InChI=1S/C16H15ClN2O2/c1-11-9-10-18-16(17)15(11)19-14(20)8-5-12-3-6-13(21-2)7-4-12/h3-10H,1-2H3,(H,19,20)/b8-5+. The number of nitrogens with zero attached hydrogens (tertiary/aromatic N) is 1. The maximum absolute atomic E-state index is 11.9. The molecule has 5 heteroatoms. The predicted octanol–water partition coefficient (Wildman–Crippen LogP) is 3.70. The summed E-state index contributed by atoms with van der Waals surface area (Å²) >= 11 is 5.96. The van der Waals surface area contributed by atoms with Crippen molar-refractivity contribution in [3.63, 3.8) is 0 Å². The van der Waals surface area contributed by atoms with Crippen LogP contribution in [0.4, 0.5) is 5.69 Å². The van der Waals surface area contributed by atoms with Crippen LogP contribution < -0.4 is 10.1 Å². The number of halogens is 1. The van der Waals surface area contributed by atoms with E-state index < -0.39 is 0 Å². The molecule has 0 unspecified atom stereocenters. The molecule has 1 aromatic carbocycles. The first-order valence-electron chi connectivity index (χ1n) is 6.34. The number of nitrogens with one attached hydrogen (secondary N) is 1.